The van der Waals surface area contributed by atoms with Gasteiger partial charge < -0.3 is 10.0 Å². The Labute approximate surface area is 113 Å². The Hall–Kier alpha value is -1.00. The average molecular weight is 265 g/mol. The summed E-state index contributed by atoms with van der Waals surface area (Å²) in [5.41, 5.74) is 0.655. The normalized spacial score (nSPS) is 15.9. The van der Waals surface area contributed by atoms with Crippen molar-refractivity contribution < 1.29 is 9.90 Å². The molecular weight excluding hydrogens is 246 g/mol. The van der Waals surface area contributed by atoms with E-state index in [1.807, 2.05) is 17.0 Å². The van der Waals surface area contributed by atoms with Crippen LogP contribution in [0.5, 0.6) is 0 Å². The van der Waals surface area contributed by atoms with Crippen LogP contribution in [0.25, 0.3) is 0 Å². The topological polar surface area (TPSA) is 40.5 Å². The zero-order chi connectivity index (χ0) is 13.0. The molecule has 1 aliphatic rings. The monoisotopic (exact) mass is 265 g/mol. The molecule has 0 spiro atoms. The van der Waals surface area contributed by atoms with E-state index < -0.39 is 0 Å². The van der Waals surface area contributed by atoms with Crippen molar-refractivity contribution in [3.63, 3.8) is 0 Å². The highest BCUT2D eigenvalue weighted by atomic mass is 32.1. The Morgan fingerprint density at radius 2 is 2.11 bits per heavy atom. The van der Waals surface area contributed by atoms with E-state index in [1.165, 1.54) is 12.8 Å². The summed E-state index contributed by atoms with van der Waals surface area (Å²) in [7, 11) is 0. The molecule has 98 valence electrons. The summed E-state index contributed by atoms with van der Waals surface area (Å²) in [5.74, 6) is 0.00634. The van der Waals surface area contributed by atoms with Crippen molar-refractivity contribution in [1.29, 1.82) is 0 Å². The first-order valence-corrected chi connectivity index (χ1v) is 6.88. The zero-order valence-electron chi connectivity index (χ0n) is 10.4. The van der Waals surface area contributed by atoms with E-state index in [9.17, 15) is 4.79 Å². The molecule has 0 unspecified atom stereocenters. The largest absolute Gasteiger partial charge is 0.395 e. The van der Waals surface area contributed by atoms with Crippen LogP contribution in [0.1, 0.15) is 36.0 Å². The Morgan fingerprint density at radius 3 is 2.72 bits per heavy atom. The molecule has 0 saturated heterocycles. The first kappa shape index (κ1) is 13.4. The van der Waals surface area contributed by atoms with Crippen LogP contribution >= 0.6 is 12.6 Å². The standard InChI is InChI=1S/C14H19NO2S/c16-9-8-15(12-5-1-2-6-12)14(17)11-4-3-7-13(18)10-11/h3-4,7,10,12,16,18H,1-2,5-6,8-9H2. The number of hydrogen-bond donors (Lipinski definition) is 2. The average Bonchev–Trinajstić information content (AvgIpc) is 2.89. The minimum atomic E-state index is 0.00634. The van der Waals surface area contributed by atoms with Crippen molar-refractivity contribution in [3.05, 3.63) is 29.8 Å². The SMILES string of the molecule is O=C(c1cccc(S)c1)N(CCO)C1CCCC1. The molecule has 0 atom stereocenters. The van der Waals surface area contributed by atoms with Crippen molar-refractivity contribution in [2.45, 2.75) is 36.6 Å². The van der Waals surface area contributed by atoms with Gasteiger partial charge in [0.2, 0.25) is 0 Å². The number of aliphatic hydroxyl groups excluding tert-OH is 1. The number of hydrogen-bond acceptors (Lipinski definition) is 3. The summed E-state index contributed by atoms with van der Waals surface area (Å²) < 4.78 is 0. The molecule has 1 N–H and O–H groups in total. The molecule has 0 bridgehead atoms. The van der Waals surface area contributed by atoms with E-state index in [2.05, 4.69) is 12.6 Å². The van der Waals surface area contributed by atoms with Crippen LogP contribution in [0.3, 0.4) is 0 Å². The van der Waals surface area contributed by atoms with Gasteiger partial charge in [0.05, 0.1) is 6.61 Å². The third-order valence-electron chi connectivity index (χ3n) is 3.46. The van der Waals surface area contributed by atoms with E-state index in [1.54, 1.807) is 12.1 Å². The van der Waals surface area contributed by atoms with Crippen molar-refractivity contribution >= 4 is 18.5 Å². The highest BCUT2D eigenvalue weighted by Gasteiger charge is 2.26. The Morgan fingerprint density at radius 1 is 1.39 bits per heavy atom. The fourth-order valence-electron chi connectivity index (χ4n) is 2.58. The summed E-state index contributed by atoms with van der Waals surface area (Å²) in [4.78, 5) is 15.1. The second-order valence-corrected chi connectivity index (χ2v) is 5.23. The summed E-state index contributed by atoms with van der Waals surface area (Å²) in [5, 5.41) is 9.14. The molecule has 1 aromatic carbocycles. The quantitative estimate of drug-likeness (QED) is 0.820. The predicted molar refractivity (Wildman–Crippen MR) is 74.1 cm³/mol. The number of carbonyl (C=O) groups is 1. The number of rotatable bonds is 4. The molecule has 1 aliphatic carbocycles. The summed E-state index contributed by atoms with van der Waals surface area (Å²) >= 11 is 4.26. The molecule has 0 heterocycles. The first-order chi connectivity index (χ1) is 8.72. The smallest absolute Gasteiger partial charge is 0.254 e. The van der Waals surface area contributed by atoms with Crippen molar-refractivity contribution in [1.82, 2.24) is 4.90 Å². The molecular formula is C14H19NO2S. The zero-order valence-corrected chi connectivity index (χ0v) is 11.3. The maximum Gasteiger partial charge on any atom is 0.254 e. The van der Waals surface area contributed by atoms with Crippen molar-refractivity contribution in [2.75, 3.05) is 13.2 Å². The first-order valence-electron chi connectivity index (χ1n) is 6.43. The molecule has 3 nitrogen and oxygen atoms in total. The van der Waals surface area contributed by atoms with Crippen LogP contribution in [0.15, 0.2) is 29.2 Å². The predicted octanol–water partition coefficient (Wildman–Crippen LogP) is 2.35. The van der Waals surface area contributed by atoms with E-state index in [0.717, 1.165) is 17.7 Å². The van der Waals surface area contributed by atoms with E-state index in [-0.39, 0.29) is 18.6 Å². The lowest BCUT2D eigenvalue weighted by Gasteiger charge is -2.28. The number of thiol groups is 1. The van der Waals surface area contributed by atoms with Crippen LogP contribution in [0, 0.1) is 0 Å². The van der Waals surface area contributed by atoms with Crippen LogP contribution in [0.4, 0.5) is 0 Å². The molecule has 4 heteroatoms. The van der Waals surface area contributed by atoms with Gasteiger partial charge in [-0.25, -0.2) is 0 Å². The minimum absolute atomic E-state index is 0.00634. The lowest BCUT2D eigenvalue weighted by atomic mass is 10.1. The van der Waals surface area contributed by atoms with Gasteiger partial charge in [-0.1, -0.05) is 18.9 Å². The lowest BCUT2D eigenvalue weighted by Crippen LogP contribution is -2.40. The number of carbonyl (C=O) groups excluding carboxylic acids is 1. The van der Waals surface area contributed by atoms with Gasteiger partial charge in [-0.15, -0.1) is 12.6 Å². The molecule has 18 heavy (non-hydrogen) atoms. The number of benzene rings is 1. The van der Waals surface area contributed by atoms with Gasteiger partial charge in [-0.2, -0.15) is 0 Å². The molecule has 1 amide bonds. The van der Waals surface area contributed by atoms with Gasteiger partial charge in [-0.05, 0) is 31.0 Å². The third kappa shape index (κ3) is 3.06. The highest BCUT2D eigenvalue weighted by molar-refractivity contribution is 7.80. The van der Waals surface area contributed by atoms with Crippen LogP contribution < -0.4 is 0 Å². The second kappa shape index (κ2) is 6.25. The minimum Gasteiger partial charge on any atom is -0.395 e. The Bertz CT molecular complexity index is 416. The Kier molecular flexibility index (Phi) is 4.66. The Balaban J connectivity index is 2.17. The second-order valence-electron chi connectivity index (χ2n) is 4.71. The van der Waals surface area contributed by atoms with Crippen LogP contribution in [-0.2, 0) is 0 Å². The fraction of sp³-hybridized carbons (Fsp3) is 0.500. The number of nitrogens with zero attached hydrogens (tertiary/aromatic N) is 1. The van der Waals surface area contributed by atoms with Crippen molar-refractivity contribution in [3.8, 4) is 0 Å². The molecule has 1 saturated carbocycles. The van der Waals surface area contributed by atoms with E-state index >= 15 is 0 Å². The van der Waals surface area contributed by atoms with Crippen LogP contribution in [0.2, 0.25) is 0 Å². The highest BCUT2D eigenvalue weighted by Crippen LogP contribution is 2.25. The van der Waals surface area contributed by atoms with Crippen LogP contribution in [-0.4, -0.2) is 35.1 Å². The fourth-order valence-corrected chi connectivity index (χ4v) is 2.80. The maximum atomic E-state index is 12.5. The van der Waals surface area contributed by atoms with Gasteiger partial charge >= 0.3 is 0 Å². The van der Waals surface area contributed by atoms with Gasteiger partial charge in [0.15, 0.2) is 0 Å². The summed E-state index contributed by atoms with van der Waals surface area (Å²) in [6, 6.07) is 7.56. The van der Waals surface area contributed by atoms with E-state index in [0.29, 0.717) is 12.1 Å². The van der Waals surface area contributed by atoms with Crippen molar-refractivity contribution in [2.24, 2.45) is 0 Å². The molecule has 0 aromatic heterocycles. The molecule has 0 radical (unpaired) electrons. The molecule has 1 aromatic rings. The summed E-state index contributed by atoms with van der Waals surface area (Å²) in [6.45, 7) is 0.434. The number of amides is 1. The maximum absolute atomic E-state index is 12.5. The van der Waals surface area contributed by atoms with Gasteiger partial charge in [0.25, 0.3) is 5.91 Å². The van der Waals surface area contributed by atoms with Gasteiger partial charge in [0, 0.05) is 23.0 Å². The van der Waals surface area contributed by atoms with Gasteiger partial charge in [-0.3, -0.25) is 4.79 Å². The molecule has 0 aliphatic heterocycles. The van der Waals surface area contributed by atoms with Gasteiger partial charge in [0.1, 0.15) is 0 Å². The van der Waals surface area contributed by atoms with E-state index in [4.69, 9.17) is 5.11 Å². The molecule has 2 rings (SSSR count). The molecule has 1 fully saturated rings. The summed E-state index contributed by atoms with van der Waals surface area (Å²) in [6.07, 6.45) is 4.44. The number of aliphatic hydroxyl groups is 1. The third-order valence-corrected chi connectivity index (χ3v) is 3.74. The lowest BCUT2D eigenvalue weighted by molar-refractivity contribution is 0.0638.